The molecule has 2 aromatic carbocycles. The molecule has 1 N–H and O–H groups in total. The Morgan fingerprint density at radius 2 is 1.87 bits per heavy atom. The van der Waals surface area contributed by atoms with Crippen molar-refractivity contribution in [3.05, 3.63) is 71.0 Å². The molecule has 1 aliphatic heterocycles. The maximum Gasteiger partial charge on any atom is 0.325 e. The van der Waals surface area contributed by atoms with E-state index >= 15 is 0 Å². The van der Waals surface area contributed by atoms with Crippen LogP contribution in [0.15, 0.2) is 48.5 Å². The Balaban J connectivity index is 1.37. The van der Waals surface area contributed by atoms with E-state index in [1.165, 1.54) is 6.07 Å². The first-order valence-corrected chi connectivity index (χ1v) is 10.7. The van der Waals surface area contributed by atoms with E-state index in [-0.39, 0.29) is 36.8 Å². The summed E-state index contributed by atoms with van der Waals surface area (Å²) in [6, 6.07) is 13.5. The monoisotopic (exact) mass is 421 g/mol. The molecule has 0 radical (unpaired) electrons. The van der Waals surface area contributed by atoms with Gasteiger partial charge in [0.1, 0.15) is 17.9 Å². The molecule has 7 heteroatoms. The number of hydrogen-bond acceptors (Lipinski definition) is 3. The van der Waals surface area contributed by atoms with Gasteiger partial charge in [-0.25, -0.2) is 9.18 Å². The number of urea groups is 1. The van der Waals surface area contributed by atoms with Crippen molar-refractivity contribution in [2.24, 2.45) is 0 Å². The molecule has 160 valence electrons. The van der Waals surface area contributed by atoms with Crippen molar-refractivity contribution in [3.63, 3.8) is 0 Å². The van der Waals surface area contributed by atoms with Gasteiger partial charge in [-0.1, -0.05) is 42.5 Å². The molecule has 6 nitrogen and oxygen atoms in total. The number of fused-ring (bicyclic) bond motifs is 2. The summed E-state index contributed by atoms with van der Waals surface area (Å²) in [4.78, 5) is 42.0. The second kappa shape index (κ2) is 7.48. The zero-order valence-electron chi connectivity index (χ0n) is 17.1. The van der Waals surface area contributed by atoms with Crippen LogP contribution >= 0.6 is 0 Å². The first-order chi connectivity index (χ1) is 15.0. The molecule has 1 saturated carbocycles. The third kappa shape index (κ3) is 3.38. The van der Waals surface area contributed by atoms with E-state index in [1.807, 2.05) is 24.3 Å². The highest BCUT2D eigenvalue weighted by Gasteiger charge is 2.54. The molecular weight excluding hydrogens is 397 g/mol. The van der Waals surface area contributed by atoms with Crippen LogP contribution in [0.4, 0.5) is 9.18 Å². The molecule has 0 aromatic heterocycles. The van der Waals surface area contributed by atoms with Crippen molar-refractivity contribution in [2.45, 2.75) is 50.2 Å². The van der Waals surface area contributed by atoms with Crippen LogP contribution in [0.25, 0.3) is 0 Å². The van der Waals surface area contributed by atoms with Crippen LogP contribution in [-0.4, -0.2) is 40.2 Å². The highest BCUT2D eigenvalue weighted by molar-refractivity contribution is 6.09. The predicted molar refractivity (Wildman–Crippen MR) is 111 cm³/mol. The molecule has 31 heavy (non-hydrogen) atoms. The van der Waals surface area contributed by atoms with Gasteiger partial charge >= 0.3 is 6.03 Å². The van der Waals surface area contributed by atoms with Gasteiger partial charge in [0.2, 0.25) is 5.91 Å². The highest BCUT2D eigenvalue weighted by Crippen LogP contribution is 2.40. The third-order valence-electron chi connectivity index (χ3n) is 6.55. The lowest BCUT2D eigenvalue weighted by molar-refractivity contribution is -0.140. The van der Waals surface area contributed by atoms with Crippen LogP contribution in [0.3, 0.4) is 0 Å². The number of benzene rings is 2. The zero-order chi connectivity index (χ0) is 21.6. The largest absolute Gasteiger partial charge is 0.334 e. The smallest absolute Gasteiger partial charge is 0.325 e. The van der Waals surface area contributed by atoms with Crippen molar-refractivity contribution in [3.8, 4) is 0 Å². The number of carbonyl (C=O) groups excluding carboxylic acids is 3. The normalized spacial score (nSPS) is 22.4. The standard InChI is InChI=1S/C24H24FN3O3/c25-20-10-4-2-7-17(20)14-27(18-11-12-18)21(29)15-28-22(30)24(26-23(28)31)13-5-8-16-6-1-3-9-19(16)24/h1-4,6-7,9-10,18H,5,8,11-15H2,(H,26,31)/t24-/m0/s1. The predicted octanol–water partition coefficient (Wildman–Crippen LogP) is 3.10. The quantitative estimate of drug-likeness (QED) is 0.755. The second-order valence-corrected chi connectivity index (χ2v) is 8.58. The fourth-order valence-electron chi connectivity index (χ4n) is 4.80. The lowest BCUT2D eigenvalue weighted by Gasteiger charge is -2.33. The number of carbonyl (C=O) groups is 3. The van der Waals surface area contributed by atoms with E-state index < -0.39 is 11.6 Å². The summed E-state index contributed by atoms with van der Waals surface area (Å²) in [6.07, 6.45) is 3.85. The fraction of sp³-hybridized carbons (Fsp3) is 0.375. The van der Waals surface area contributed by atoms with Gasteiger partial charge in [0.15, 0.2) is 0 Å². The average molecular weight is 421 g/mol. The van der Waals surface area contributed by atoms with Crippen molar-refractivity contribution < 1.29 is 18.8 Å². The van der Waals surface area contributed by atoms with E-state index in [2.05, 4.69) is 5.32 Å². The number of aryl methyl sites for hydroxylation is 1. The van der Waals surface area contributed by atoms with E-state index in [0.29, 0.717) is 12.0 Å². The Bertz CT molecular complexity index is 1070. The number of amides is 4. The van der Waals surface area contributed by atoms with E-state index in [9.17, 15) is 18.8 Å². The molecule has 1 spiro atoms. The van der Waals surface area contributed by atoms with Gasteiger partial charge < -0.3 is 10.2 Å². The van der Waals surface area contributed by atoms with Crippen LogP contribution in [0.5, 0.6) is 0 Å². The second-order valence-electron chi connectivity index (χ2n) is 8.58. The summed E-state index contributed by atoms with van der Waals surface area (Å²) in [5.74, 6) is -1.08. The van der Waals surface area contributed by atoms with Crippen LogP contribution in [-0.2, 0) is 28.1 Å². The van der Waals surface area contributed by atoms with Crippen molar-refractivity contribution in [1.29, 1.82) is 0 Å². The zero-order valence-corrected chi connectivity index (χ0v) is 17.1. The SMILES string of the molecule is O=C1N[C@]2(CCCc3ccccc32)C(=O)N1CC(=O)N(Cc1ccccc1F)C1CC1. The molecule has 1 atom stereocenters. The maximum absolute atomic E-state index is 14.1. The van der Waals surface area contributed by atoms with Gasteiger partial charge in [-0.15, -0.1) is 0 Å². The average Bonchev–Trinajstić information content (AvgIpc) is 3.58. The summed E-state index contributed by atoms with van der Waals surface area (Å²) in [5, 5.41) is 2.88. The van der Waals surface area contributed by atoms with Gasteiger partial charge in [0, 0.05) is 18.2 Å². The molecule has 0 unspecified atom stereocenters. The topological polar surface area (TPSA) is 69.7 Å². The third-order valence-corrected chi connectivity index (χ3v) is 6.55. The Kier molecular flexibility index (Phi) is 4.76. The Labute approximate surface area is 180 Å². The number of imide groups is 1. The molecule has 1 heterocycles. The lowest BCUT2D eigenvalue weighted by atomic mass is 9.76. The maximum atomic E-state index is 14.1. The first-order valence-electron chi connectivity index (χ1n) is 10.7. The van der Waals surface area contributed by atoms with Gasteiger partial charge in [-0.05, 0) is 49.3 Å². The number of nitrogens with one attached hydrogen (secondary N) is 1. The van der Waals surface area contributed by atoms with Gasteiger partial charge in [0.05, 0.1) is 0 Å². The van der Waals surface area contributed by atoms with Crippen LogP contribution in [0, 0.1) is 5.82 Å². The number of hydrogen-bond donors (Lipinski definition) is 1. The number of halogens is 1. The van der Waals surface area contributed by atoms with E-state index in [4.69, 9.17) is 0 Å². The molecule has 5 rings (SSSR count). The lowest BCUT2D eigenvalue weighted by Crippen LogP contribution is -2.47. The summed E-state index contributed by atoms with van der Waals surface area (Å²) in [7, 11) is 0. The fourth-order valence-corrected chi connectivity index (χ4v) is 4.80. The van der Waals surface area contributed by atoms with Crippen LogP contribution < -0.4 is 5.32 Å². The van der Waals surface area contributed by atoms with Gasteiger partial charge in [0.25, 0.3) is 5.91 Å². The summed E-state index contributed by atoms with van der Waals surface area (Å²) < 4.78 is 14.1. The first kappa shape index (κ1) is 19.7. The molecule has 1 saturated heterocycles. The minimum Gasteiger partial charge on any atom is -0.334 e. The number of nitrogens with zero attached hydrogens (tertiary/aromatic N) is 2. The summed E-state index contributed by atoms with van der Waals surface area (Å²) in [6.45, 7) is -0.201. The molecule has 2 aliphatic carbocycles. The number of rotatable bonds is 5. The van der Waals surface area contributed by atoms with Gasteiger partial charge in [-0.3, -0.25) is 14.5 Å². The molecule has 3 aliphatic rings. The molecule has 2 aromatic rings. The highest BCUT2D eigenvalue weighted by atomic mass is 19.1. The van der Waals surface area contributed by atoms with Gasteiger partial charge in [-0.2, -0.15) is 0 Å². The summed E-state index contributed by atoms with van der Waals surface area (Å²) in [5.41, 5.74) is 1.20. The van der Waals surface area contributed by atoms with E-state index in [1.54, 1.807) is 23.1 Å². The van der Waals surface area contributed by atoms with Crippen molar-refractivity contribution >= 4 is 17.8 Å². The van der Waals surface area contributed by atoms with Crippen LogP contribution in [0.2, 0.25) is 0 Å². The minimum atomic E-state index is -1.10. The Morgan fingerprint density at radius 3 is 2.65 bits per heavy atom. The molecular formula is C24H24FN3O3. The molecule has 0 bridgehead atoms. The van der Waals surface area contributed by atoms with Crippen molar-refractivity contribution in [1.82, 2.24) is 15.1 Å². The van der Waals surface area contributed by atoms with Crippen LogP contribution in [0.1, 0.15) is 42.4 Å². The van der Waals surface area contributed by atoms with Crippen molar-refractivity contribution in [2.75, 3.05) is 6.54 Å². The molecule has 4 amide bonds. The Hall–Kier alpha value is -3.22. The summed E-state index contributed by atoms with van der Waals surface area (Å²) >= 11 is 0. The Morgan fingerprint density at radius 1 is 1.13 bits per heavy atom. The molecule has 2 fully saturated rings. The van der Waals surface area contributed by atoms with E-state index in [0.717, 1.165) is 41.7 Å². The minimum absolute atomic E-state index is 0.0252.